The molecule has 0 aliphatic heterocycles. The molecule has 0 radical (unpaired) electrons. The van der Waals surface area contributed by atoms with Crippen LogP contribution in [0.5, 0.6) is 0 Å². The number of aromatic nitrogens is 2. The topological polar surface area (TPSA) is 121 Å². The molecular formula is C14H13N3O5. The molecule has 0 spiro atoms. The van der Waals surface area contributed by atoms with Gasteiger partial charge in [0, 0.05) is 24.6 Å². The summed E-state index contributed by atoms with van der Waals surface area (Å²) in [6, 6.07) is 6.55. The molecule has 1 amide bonds. The number of carbonyl (C=O) groups excluding carboxylic acids is 1. The van der Waals surface area contributed by atoms with Crippen molar-refractivity contribution in [3.63, 3.8) is 0 Å². The molecule has 0 aliphatic rings. The fourth-order valence-corrected chi connectivity index (χ4v) is 1.73. The number of amides is 1. The fraction of sp³-hybridized carbons (Fsp3) is 0.143. The lowest BCUT2D eigenvalue weighted by molar-refractivity contribution is -0.119. The van der Waals surface area contributed by atoms with Gasteiger partial charge < -0.3 is 20.1 Å². The number of rotatable bonds is 5. The van der Waals surface area contributed by atoms with Crippen LogP contribution < -0.4 is 10.9 Å². The van der Waals surface area contributed by atoms with Crippen molar-refractivity contribution in [1.82, 2.24) is 9.97 Å². The van der Waals surface area contributed by atoms with Gasteiger partial charge in [0.25, 0.3) is 5.56 Å². The molecule has 0 fully saturated rings. The maximum Gasteiger partial charge on any atom is 0.342 e. The van der Waals surface area contributed by atoms with Crippen LogP contribution in [0, 0.1) is 0 Å². The molecule has 22 heavy (non-hydrogen) atoms. The molecule has 1 heterocycles. The third-order valence-corrected chi connectivity index (χ3v) is 2.75. The average Bonchev–Trinajstić information content (AvgIpc) is 2.47. The number of nitrogens with zero attached hydrogens (tertiary/aromatic N) is 1. The Kier molecular flexibility index (Phi) is 4.64. The third kappa shape index (κ3) is 3.55. The Hall–Kier alpha value is -3.00. The van der Waals surface area contributed by atoms with E-state index in [2.05, 4.69) is 15.3 Å². The third-order valence-electron chi connectivity index (χ3n) is 2.75. The van der Waals surface area contributed by atoms with Gasteiger partial charge >= 0.3 is 5.97 Å². The highest BCUT2D eigenvalue weighted by Gasteiger charge is 2.10. The van der Waals surface area contributed by atoms with E-state index in [0.717, 1.165) is 6.20 Å². The summed E-state index contributed by atoms with van der Waals surface area (Å²) in [6.45, 7) is -0.0483. The van der Waals surface area contributed by atoms with Gasteiger partial charge in [-0.2, -0.15) is 0 Å². The Bertz CT molecular complexity index is 752. The zero-order valence-corrected chi connectivity index (χ0v) is 11.6. The van der Waals surface area contributed by atoms with Crippen molar-refractivity contribution in [2.45, 2.75) is 0 Å². The second-order valence-corrected chi connectivity index (χ2v) is 4.34. The summed E-state index contributed by atoms with van der Waals surface area (Å²) in [4.78, 5) is 40.0. The number of nitrogens with one attached hydrogen (secondary N) is 2. The highest BCUT2D eigenvalue weighted by Crippen LogP contribution is 2.17. The molecule has 2 rings (SSSR count). The number of benzene rings is 1. The number of carboxylic acids is 1. The van der Waals surface area contributed by atoms with Crippen LogP contribution in [0.4, 0.5) is 5.69 Å². The monoisotopic (exact) mass is 303 g/mol. The summed E-state index contributed by atoms with van der Waals surface area (Å²) in [5, 5.41) is 11.4. The quantitative estimate of drug-likeness (QED) is 0.748. The largest absolute Gasteiger partial charge is 0.477 e. The Balaban J connectivity index is 2.20. The standard InChI is InChI=1S/C14H13N3O5/c1-22-7-11(18)16-9-4-2-8(3-5-9)12-15-6-10(14(20)21)13(19)17-12/h2-6H,7H2,1H3,(H,16,18)(H,20,21)(H,15,17,19). The zero-order valence-electron chi connectivity index (χ0n) is 11.6. The number of anilines is 1. The highest BCUT2D eigenvalue weighted by atomic mass is 16.5. The SMILES string of the molecule is COCC(=O)Nc1ccc(-c2ncc(C(=O)O)c(=O)[nH]2)cc1. The Morgan fingerprint density at radius 2 is 2.00 bits per heavy atom. The molecular weight excluding hydrogens is 290 g/mol. The van der Waals surface area contributed by atoms with E-state index >= 15 is 0 Å². The maximum absolute atomic E-state index is 11.6. The van der Waals surface area contributed by atoms with E-state index in [0.29, 0.717) is 11.3 Å². The Morgan fingerprint density at radius 3 is 2.55 bits per heavy atom. The van der Waals surface area contributed by atoms with E-state index in [-0.39, 0.29) is 18.3 Å². The van der Waals surface area contributed by atoms with Crippen LogP contribution in [0.25, 0.3) is 11.4 Å². The summed E-state index contributed by atoms with van der Waals surface area (Å²) in [7, 11) is 1.42. The number of aromatic amines is 1. The van der Waals surface area contributed by atoms with E-state index < -0.39 is 17.1 Å². The first-order chi connectivity index (χ1) is 10.5. The number of hydrogen-bond acceptors (Lipinski definition) is 5. The number of ether oxygens (including phenoxy) is 1. The number of aromatic carboxylic acids is 1. The van der Waals surface area contributed by atoms with Crippen molar-refractivity contribution in [3.05, 3.63) is 46.4 Å². The van der Waals surface area contributed by atoms with Crippen LogP contribution in [0.2, 0.25) is 0 Å². The molecule has 0 saturated carbocycles. The van der Waals surface area contributed by atoms with Crippen molar-refractivity contribution >= 4 is 17.6 Å². The smallest absolute Gasteiger partial charge is 0.342 e. The van der Waals surface area contributed by atoms with E-state index in [1.54, 1.807) is 24.3 Å². The predicted octanol–water partition coefficient (Wildman–Crippen LogP) is 0.720. The van der Waals surface area contributed by atoms with Crippen LogP contribution in [0.15, 0.2) is 35.3 Å². The van der Waals surface area contributed by atoms with Crippen molar-refractivity contribution in [3.8, 4) is 11.4 Å². The lowest BCUT2D eigenvalue weighted by Gasteiger charge is -2.06. The zero-order chi connectivity index (χ0) is 16.1. The van der Waals surface area contributed by atoms with Crippen molar-refractivity contribution in [1.29, 1.82) is 0 Å². The maximum atomic E-state index is 11.6. The van der Waals surface area contributed by atoms with E-state index in [1.165, 1.54) is 7.11 Å². The lowest BCUT2D eigenvalue weighted by Crippen LogP contribution is -2.18. The molecule has 0 saturated heterocycles. The second-order valence-electron chi connectivity index (χ2n) is 4.34. The Morgan fingerprint density at radius 1 is 1.32 bits per heavy atom. The summed E-state index contributed by atoms with van der Waals surface area (Å²) in [5.41, 5.74) is -0.00347. The number of H-pyrrole nitrogens is 1. The lowest BCUT2D eigenvalue weighted by atomic mass is 10.2. The van der Waals surface area contributed by atoms with Crippen molar-refractivity contribution in [2.75, 3.05) is 19.0 Å². The van der Waals surface area contributed by atoms with Crippen LogP contribution in [-0.4, -0.2) is 40.7 Å². The van der Waals surface area contributed by atoms with E-state index in [1.807, 2.05) is 0 Å². The first-order valence-corrected chi connectivity index (χ1v) is 6.23. The van der Waals surface area contributed by atoms with Gasteiger partial charge in [-0.15, -0.1) is 0 Å². The molecule has 0 bridgehead atoms. The summed E-state index contributed by atoms with van der Waals surface area (Å²) in [6.07, 6.45) is 1.00. The summed E-state index contributed by atoms with van der Waals surface area (Å²) < 4.78 is 4.70. The van der Waals surface area contributed by atoms with Gasteiger partial charge in [0.2, 0.25) is 5.91 Å². The van der Waals surface area contributed by atoms with Crippen molar-refractivity contribution in [2.24, 2.45) is 0 Å². The minimum absolute atomic E-state index is 0.0483. The second kappa shape index (κ2) is 6.64. The number of carboxylic acid groups (broad SMARTS) is 1. The van der Waals surface area contributed by atoms with Gasteiger partial charge in [-0.1, -0.05) is 0 Å². The Labute approximate surface area is 124 Å². The molecule has 2 aromatic rings. The molecule has 1 aromatic carbocycles. The van der Waals surface area contributed by atoms with Crippen LogP contribution in [0.1, 0.15) is 10.4 Å². The van der Waals surface area contributed by atoms with Gasteiger partial charge in [0.1, 0.15) is 18.0 Å². The molecule has 3 N–H and O–H groups in total. The van der Waals surface area contributed by atoms with Gasteiger partial charge in [-0.3, -0.25) is 9.59 Å². The molecule has 0 atom stereocenters. The molecule has 0 aliphatic carbocycles. The minimum atomic E-state index is -1.34. The minimum Gasteiger partial charge on any atom is -0.477 e. The predicted molar refractivity (Wildman–Crippen MR) is 77.8 cm³/mol. The van der Waals surface area contributed by atoms with E-state index in [4.69, 9.17) is 9.84 Å². The van der Waals surface area contributed by atoms with Crippen LogP contribution in [-0.2, 0) is 9.53 Å². The molecule has 0 unspecified atom stereocenters. The van der Waals surface area contributed by atoms with Crippen LogP contribution >= 0.6 is 0 Å². The van der Waals surface area contributed by atoms with Crippen molar-refractivity contribution < 1.29 is 19.4 Å². The molecule has 8 nitrogen and oxygen atoms in total. The number of methoxy groups -OCH3 is 1. The summed E-state index contributed by atoms with van der Waals surface area (Å²) >= 11 is 0. The summed E-state index contributed by atoms with van der Waals surface area (Å²) in [5.74, 6) is -1.38. The normalized spacial score (nSPS) is 10.2. The highest BCUT2D eigenvalue weighted by molar-refractivity contribution is 5.91. The first-order valence-electron chi connectivity index (χ1n) is 6.23. The first kappa shape index (κ1) is 15.4. The molecule has 114 valence electrons. The fourth-order valence-electron chi connectivity index (χ4n) is 1.73. The molecule has 1 aromatic heterocycles. The van der Waals surface area contributed by atoms with Gasteiger partial charge in [0.15, 0.2) is 0 Å². The molecule has 8 heteroatoms. The van der Waals surface area contributed by atoms with Crippen LogP contribution in [0.3, 0.4) is 0 Å². The van der Waals surface area contributed by atoms with Gasteiger partial charge in [0.05, 0.1) is 0 Å². The van der Waals surface area contributed by atoms with Gasteiger partial charge in [-0.25, -0.2) is 9.78 Å². The number of carbonyl (C=O) groups is 2. The number of hydrogen-bond donors (Lipinski definition) is 3. The van der Waals surface area contributed by atoms with E-state index in [9.17, 15) is 14.4 Å². The average molecular weight is 303 g/mol. The van der Waals surface area contributed by atoms with Gasteiger partial charge in [-0.05, 0) is 24.3 Å².